The summed E-state index contributed by atoms with van der Waals surface area (Å²) in [6, 6.07) is 1.51. The lowest BCUT2D eigenvalue weighted by Gasteiger charge is -2.22. The van der Waals surface area contributed by atoms with Crippen LogP contribution in [0.2, 0.25) is 0 Å². The van der Waals surface area contributed by atoms with Crippen LogP contribution in [0.3, 0.4) is 0 Å². The average Bonchev–Trinajstić information content (AvgIpc) is 2.33. The van der Waals surface area contributed by atoms with Crippen molar-refractivity contribution in [3.63, 3.8) is 0 Å². The minimum atomic E-state index is 0. The molecule has 1 fully saturated rings. The first-order valence-corrected chi connectivity index (χ1v) is 4.51. The van der Waals surface area contributed by atoms with Crippen molar-refractivity contribution in [1.29, 1.82) is 0 Å². The van der Waals surface area contributed by atoms with E-state index in [-0.39, 0.29) is 7.43 Å². The molecule has 1 aliphatic heterocycles. The van der Waals surface area contributed by atoms with Crippen LogP contribution in [0.4, 0.5) is 0 Å². The Bertz CT molecular complexity index is 107. The van der Waals surface area contributed by atoms with E-state index >= 15 is 0 Å². The van der Waals surface area contributed by atoms with Crippen molar-refractivity contribution < 1.29 is 0 Å². The Labute approximate surface area is 77.5 Å². The molecule has 2 nitrogen and oxygen atoms in total. The molecule has 0 aliphatic carbocycles. The summed E-state index contributed by atoms with van der Waals surface area (Å²) >= 11 is 0. The molecule has 0 unspecified atom stereocenters. The van der Waals surface area contributed by atoms with Gasteiger partial charge in [0.25, 0.3) is 0 Å². The van der Waals surface area contributed by atoms with E-state index in [9.17, 15) is 0 Å². The summed E-state index contributed by atoms with van der Waals surface area (Å²) in [6.07, 6.45) is 1.34. The van der Waals surface area contributed by atoms with E-state index in [2.05, 4.69) is 37.7 Å². The zero-order valence-corrected chi connectivity index (χ0v) is 8.17. The van der Waals surface area contributed by atoms with Gasteiger partial charge in [0.15, 0.2) is 0 Å². The summed E-state index contributed by atoms with van der Waals surface area (Å²) in [5.41, 5.74) is 0. The Morgan fingerprint density at radius 1 is 1.33 bits per heavy atom. The molecule has 1 saturated heterocycles. The first-order valence-electron chi connectivity index (χ1n) is 4.51. The molecule has 1 aliphatic rings. The molecule has 0 radical (unpaired) electrons. The molecule has 0 aromatic rings. The Morgan fingerprint density at radius 3 is 2.17 bits per heavy atom. The largest absolute Gasteiger partial charge is 0.305 e. The smallest absolute Gasteiger partial charge is 0.0229 e. The van der Waals surface area contributed by atoms with Crippen molar-refractivity contribution in [1.82, 2.24) is 9.80 Å². The number of nitrogens with zero attached hydrogens (tertiary/aromatic N) is 2. The topological polar surface area (TPSA) is 6.48 Å². The third-order valence-corrected chi connectivity index (χ3v) is 2.66. The van der Waals surface area contributed by atoms with Gasteiger partial charge in [-0.2, -0.15) is 0 Å². The first kappa shape index (κ1) is 11.9. The van der Waals surface area contributed by atoms with E-state index in [1.807, 2.05) is 0 Å². The second kappa shape index (κ2) is 4.83. The fourth-order valence-corrected chi connectivity index (χ4v) is 1.66. The van der Waals surface area contributed by atoms with Crippen molar-refractivity contribution in [3.8, 4) is 0 Å². The van der Waals surface area contributed by atoms with Crippen molar-refractivity contribution in [3.05, 3.63) is 0 Å². The summed E-state index contributed by atoms with van der Waals surface area (Å²) in [5, 5.41) is 0. The van der Waals surface area contributed by atoms with Crippen LogP contribution in [0.1, 0.15) is 27.7 Å². The van der Waals surface area contributed by atoms with Crippen molar-refractivity contribution in [2.45, 2.75) is 39.8 Å². The van der Waals surface area contributed by atoms with E-state index in [1.54, 1.807) is 0 Å². The Morgan fingerprint density at radius 2 is 1.92 bits per heavy atom. The van der Waals surface area contributed by atoms with Crippen LogP contribution in [0.25, 0.3) is 0 Å². The van der Waals surface area contributed by atoms with Gasteiger partial charge in [-0.15, -0.1) is 0 Å². The van der Waals surface area contributed by atoms with E-state index in [4.69, 9.17) is 0 Å². The third-order valence-electron chi connectivity index (χ3n) is 2.66. The Kier molecular flexibility index (Phi) is 4.80. The number of likely N-dealkylation sites (tertiary alicyclic amines) is 1. The molecule has 74 valence electrons. The van der Waals surface area contributed by atoms with E-state index in [1.165, 1.54) is 19.5 Å². The van der Waals surface area contributed by atoms with Crippen LogP contribution in [0, 0.1) is 0 Å². The zero-order chi connectivity index (χ0) is 8.43. The quantitative estimate of drug-likeness (QED) is 0.625. The SMILES string of the molecule is C.CC(C)N1CC[C@H](N(C)C)C1. The van der Waals surface area contributed by atoms with E-state index < -0.39 is 0 Å². The molecular formula is C10H24N2. The molecule has 1 heterocycles. The monoisotopic (exact) mass is 172 g/mol. The Balaban J connectivity index is 0.00000121. The van der Waals surface area contributed by atoms with Crippen molar-refractivity contribution >= 4 is 0 Å². The average molecular weight is 172 g/mol. The van der Waals surface area contributed by atoms with E-state index in [0.29, 0.717) is 0 Å². The van der Waals surface area contributed by atoms with Crippen LogP contribution < -0.4 is 0 Å². The second-order valence-corrected chi connectivity index (χ2v) is 3.99. The molecular weight excluding hydrogens is 148 g/mol. The molecule has 12 heavy (non-hydrogen) atoms. The van der Waals surface area contributed by atoms with Crippen LogP contribution in [-0.2, 0) is 0 Å². The van der Waals surface area contributed by atoms with Gasteiger partial charge < -0.3 is 4.90 Å². The van der Waals surface area contributed by atoms with Gasteiger partial charge in [0.1, 0.15) is 0 Å². The van der Waals surface area contributed by atoms with Gasteiger partial charge in [-0.1, -0.05) is 7.43 Å². The highest BCUT2D eigenvalue weighted by Crippen LogP contribution is 2.15. The maximum absolute atomic E-state index is 2.55. The van der Waals surface area contributed by atoms with Crippen molar-refractivity contribution in [2.75, 3.05) is 27.2 Å². The standard InChI is InChI=1S/C9H20N2.CH4/c1-8(2)11-6-5-9(7-11)10(3)4;/h8-9H,5-7H2,1-4H3;1H4/t9-;/m0./s1. The second-order valence-electron chi connectivity index (χ2n) is 3.99. The maximum Gasteiger partial charge on any atom is 0.0229 e. The summed E-state index contributed by atoms with van der Waals surface area (Å²) in [5.74, 6) is 0. The number of likely N-dealkylation sites (N-methyl/N-ethyl adjacent to an activating group) is 1. The first-order chi connectivity index (χ1) is 5.11. The minimum absolute atomic E-state index is 0. The van der Waals surface area contributed by atoms with Gasteiger partial charge in [-0.25, -0.2) is 0 Å². The fraction of sp³-hybridized carbons (Fsp3) is 1.00. The lowest BCUT2D eigenvalue weighted by atomic mass is 10.2. The van der Waals surface area contributed by atoms with Crippen LogP contribution in [0.5, 0.6) is 0 Å². The summed E-state index contributed by atoms with van der Waals surface area (Å²) < 4.78 is 0. The Hall–Kier alpha value is -0.0800. The highest BCUT2D eigenvalue weighted by molar-refractivity contribution is 4.82. The van der Waals surface area contributed by atoms with Crippen LogP contribution >= 0.6 is 0 Å². The van der Waals surface area contributed by atoms with Crippen LogP contribution in [-0.4, -0.2) is 49.1 Å². The molecule has 0 spiro atoms. The minimum Gasteiger partial charge on any atom is -0.305 e. The lowest BCUT2D eigenvalue weighted by molar-refractivity contribution is 0.237. The van der Waals surface area contributed by atoms with Gasteiger partial charge in [0, 0.05) is 25.2 Å². The predicted molar refractivity (Wildman–Crippen MR) is 55.5 cm³/mol. The molecule has 0 bridgehead atoms. The molecule has 1 rings (SSSR count). The van der Waals surface area contributed by atoms with Gasteiger partial charge in [-0.05, 0) is 34.4 Å². The normalized spacial score (nSPS) is 25.0. The molecule has 0 amide bonds. The molecule has 0 N–H and O–H groups in total. The molecule has 2 heteroatoms. The number of rotatable bonds is 2. The number of hydrogen-bond acceptors (Lipinski definition) is 2. The summed E-state index contributed by atoms with van der Waals surface area (Å²) in [4.78, 5) is 4.88. The maximum atomic E-state index is 2.55. The number of hydrogen-bond donors (Lipinski definition) is 0. The van der Waals surface area contributed by atoms with E-state index in [0.717, 1.165) is 12.1 Å². The van der Waals surface area contributed by atoms with Crippen molar-refractivity contribution in [2.24, 2.45) is 0 Å². The molecule has 0 aromatic heterocycles. The predicted octanol–water partition coefficient (Wildman–Crippen LogP) is 1.67. The van der Waals surface area contributed by atoms with Gasteiger partial charge in [0.05, 0.1) is 0 Å². The lowest BCUT2D eigenvalue weighted by Crippen LogP contribution is -2.34. The fourth-order valence-electron chi connectivity index (χ4n) is 1.66. The molecule has 0 saturated carbocycles. The van der Waals surface area contributed by atoms with Gasteiger partial charge >= 0.3 is 0 Å². The van der Waals surface area contributed by atoms with Gasteiger partial charge in [0.2, 0.25) is 0 Å². The molecule has 1 atom stereocenters. The molecule has 0 aromatic carbocycles. The third kappa shape index (κ3) is 2.76. The summed E-state index contributed by atoms with van der Waals surface area (Å²) in [6.45, 7) is 7.08. The van der Waals surface area contributed by atoms with Gasteiger partial charge in [-0.3, -0.25) is 4.90 Å². The zero-order valence-electron chi connectivity index (χ0n) is 8.17. The highest BCUT2D eigenvalue weighted by Gasteiger charge is 2.24. The summed E-state index contributed by atoms with van der Waals surface area (Å²) in [7, 11) is 4.35. The highest BCUT2D eigenvalue weighted by atomic mass is 15.2. The van der Waals surface area contributed by atoms with Crippen LogP contribution in [0.15, 0.2) is 0 Å².